The number of benzene rings is 1. The molecule has 0 fully saturated rings. The number of nitrogen functional groups attached to an aromatic ring is 1. The van der Waals surface area contributed by atoms with Crippen LogP contribution in [0.15, 0.2) is 6.07 Å². The summed E-state index contributed by atoms with van der Waals surface area (Å²) in [5.74, 6) is -1.66. The average Bonchev–Trinajstić information content (AvgIpc) is 2.31. The third kappa shape index (κ3) is 1.86. The molecule has 1 aromatic carbocycles. The van der Waals surface area contributed by atoms with Gasteiger partial charge in [-0.1, -0.05) is 0 Å². The van der Waals surface area contributed by atoms with Crippen molar-refractivity contribution >= 4 is 11.7 Å². The molecule has 0 aliphatic rings. The van der Waals surface area contributed by atoms with Crippen LogP contribution in [0, 0.1) is 5.82 Å². The van der Waals surface area contributed by atoms with E-state index in [1.165, 1.54) is 20.3 Å². The van der Waals surface area contributed by atoms with Crippen LogP contribution in [0.4, 0.5) is 10.1 Å². The third-order valence-corrected chi connectivity index (χ3v) is 2.06. The van der Waals surface area contributed by atoms with Gasteiger partial charge < -0.3 is 19.9 Å². The van der Waals surface area contributed by atoms with Crippen molar-refractivity contribution in [2.24, 2.45) is 0 Å². The van der Waals surface area contributed by atoms with Crippen molar-refractivity contribution in [2.45, 2.75) is 0 Å². The van der Waals surface area contributed by atoms with Crippen molar-refractivity contribution in [3.05, 3.63) is 17.4 Å². The van der Waals surface area contributed by atoms with Gasteiger partial charge >= 0.3 is 5.97 Å². The standard InChI is InChI=1S/C10H12FNO4/c1-14-5-4-6(15-2)9(12)8(11)7(5)10(13)16-3/h4H,12H2,1-3H3. The second kappa shape index (κ2) is 4.69. The summed E-state index contributed by atoms with van der Waals surface area (Å²) < 4.78 is 27.9. The van der Waals surface area contributed by atoms with Crippen LogP contribution < -0.4 is 15.2 Å². The van der Waals surface area contributed by atoms with Gasteiger partial charge in [0.25, 0.3) is 0 Å². The summed E-state index contributed by atoms with van der Waals surface area (Å²) in [4.78, 5) is 11.3. The second-order valence-electron chi connectivity index (χ2n) is 2.88. The topological polar surface area (TPSA) is 70.8 Å². The Balaban J connectivity index is 3.47. The minimum atomic E-state index is -0.914. The van der Waals surface area contributed by atoms with Gasteiger partial charge in [0.2, 0.25) is 0 Å². The fraction of sp³-hybridized carbons (Fsp3) is 0.300. The van der Waals surface area contributed by atoms with Gasteiger partial charge in [-0.15, -0.1) is 0 Å². The number of methoxy groups -OCH3 is 3. The molecular formula is C10H12FNO4. The molecule has 0 atom stereocenters. The quantitative estimate of drug-likeness (QED) is 0.623. The maximum absolute atomic E-state index is 13.7. The molecule has 88 valence electrons. The summed E-state index contributed by atoms with van der Waals surface area (Å²) in [7, 11) is 3.78. The number of carbonyl (C=O) groups excluding carboxylic acids is 1. The second-order valence-corrected chi connectivity index (χ2v) is 2.88. The number of hydrogen-bond acceptors (Lipinski definition) is 5. The Morgan fingerprint density at radius 1 is 1.25 bits per heavy atom. The average molecular weight is 229 g/mol. The van der Waals surface area contributed by atoms with E-state index in [1.54, 1.807) is 0 Å². The van der Waals surface area contributed by atoms with Gasteiger partial charge in [-0.2, -0.15) is 0 Å². The number of halogens is 1. The molecule has 2 N–H and O–H groups in total. The number of esters is 1. The summed E-state index contributed by atoms with van der Waals surface area (Å²) in [6.45, 7) is 0. The number of carbonyl (C=O) groups is 1. The molecule has 0 unspecified atom stereocenters. The Bertz CT molecular complexity index is 420. The van der Waals surface area contributed by atoms with E-state index >= 15 is 0 Å². The van der Waals surface area contributed by atoms with Gasteiger partial charge in [-0.3, -0.25) is 0 Å². The van der Waals surface area contributed by atoms with Crippen LogP contribution >= 0.6 is 0 Å². The lowest BCUT2D eigenvalue weighted by Crippen LogP contribution is -2.10. The van der Waals surface area contributed by atoms with Crippen molar-refractivity contribution in [1.82, 2.24) is 0 Å². The van der Waals surface area contributed by atoms with Gasteiger partial charge in [0.05, 0.1) is 21.3 Å². The summed E-state index contributed by atoms with van der Waals surface area (Å²) >= 11 is 0. The molecule has 0 saturated carbocycles. The lowest BCUT2D eigenvalue weighted by atomic mass is 10.1. The first kappa shape index (κ1) is 12.1. The Kier molecular flexibility index (Phi) is 3.55. The molecule has 0 saturated heterocycles. The highest BCUT2D eigenvalue weighted by Gasteiger charge is 2.23. The molecule has 0 bridgehead atoms. The predicted molar refractivity (Wildman–Crippen MR) is 55.3 cm³/mol. The van der Waals surface area contributed by atoms with E-state index in [0.717, 1.165) is 7.11 Å². The van der Waals surface area contributed by atoms with Crippen LogP contribution in [0.2, 0.25) is 0 Å². The molecule has 1 rings (SSSR count). The lowest BCUT2D eigenvalue weighted by molar-refractivity contribution is 0.0591. The van der Waals surface area contributed by atoms with Crippen molar-refractivity contribution in [3.63, 3.8) is 0 Å². The third-order valence-electron chi connectivity index (χ3n) is 2.06. The van der Waals surface area contributed by atoms with E-state index in [0.29, 0.717) is 0 Å². The van der Waals surface area contributed by atoms with Crippen molar-refractivity contribution < 1.29 is 23.4 Å². The minimum absolute atomic E-state index is 0.00963. The number of nitrogens with two attached hydrogens (primary N) is 1. The normalized spacial score (nSPS) is 9.75. The van der Waals surface area contributed by atoms with E-state index in [-0.39, 0.29) is 22.7 Å². The molecule has 0 aromatic heterocycles. The number of rotatable bonds is 3. The van der Waals surface area contributed by atoms with Crippen LogP contribution in [0.3, 0.4) is 0 Å². The number of anilines is 1. The van der Waals surface area contributed by atoms with E-state index < -0.39 is 11.8 Å². The maximum atomic E-state index is 13.7. The van der Waals surface area contributed by atoms with Crippen LogP contribution in [-0.2, 0) is 4.74 Å². The Labute approximate surface area is 91.9 Å². The molecule has 0 spiro atoms. The highest BCUT2D eigenvalue weighted by Crippen LogP contribution is 2.34. The smallest absolute Gasteiger partial charge is 0.344 e. The van der Waals surface area contributed by atoms with E-state index in [2.05, 4.69) is 4.74 Å². The largest absolute Gasteiger partial charge is 0.496 e. The number of hydrogen-bond donors (Lipinski definition) is 1. The zero-order valence-corrected chi connectivity index (χ0v) is 9.17. The SMILES string of the molecule is COC(=O)c1c(OC)cc(OC)c(N)c1F. The fourth-order valence-electron chi connectivity index (χ4n) is 1.24. The van der Waals surface area contributed by atoms with E-state index in [1.807, 2.05) is 0 Å². The van der Waals surface area contributed by atoms with Gasteiger partial charge in [0.1, 0.15) is 22.7 Å². The monoisotopic (exact) mass is 229 g/mol. The van der Waals surface area contributed by atoms with Crippen molar-refractivity contribution in [3.8, 4) is 11.5 Å². The van der Waals surface area contributed by atoms with E-state index in [4.69, 9.17) is 15.2 Å². The van der Waals surface area contributed by atoms with Gasteiger partial charge in [-0.05, 0) is 0 Å². The first-order valence-corrected chi connectivity index (χ1v) is 4.35. The molecule has 6 heteroatoms. The van der Waals surface area contributed by atoms with Gasteiger partial charge in [0, 0.05) is 6.07 Å². The first-order valence-electron chi connectivity index (χ1n) is 4.35. The molecule has 0 radical (unpaired) electrons. The molecule has 16 heavy (non-hydrogen) atoms. The summed E-state index contributed by atoms with van der Waals surface area (Å²) in [6, 6.07) is 1.32. The molecule has 5 nitrogen and oxygen atoms in total. The Morgan fingerprint density at radius 3 is 2.25 bits per heavy atom. The molecular weight excluding hydrogens is 217 g/mol. The first-order chi connectivity index (χ1) is 7.56. The maximum Gasteiger partial charge on any atom is 0.344 e. The summed E-state index contributed by atoms with van der Waals surface area (Å²) in [5.41, 5.74) is 4.84. The van der Waals surface area contributed by atoms with Crippen LogP contribution in [0.5, 0.6) is 11.5 Å². The van der Waals surface area contributed by atoms with Gasteiger partial charge in [0.15, 0.2) is 5.82 Å². The fourth-order valence-corrected chi connectivity index (χ4v) is 1.24. The Hall–Kier alpha value is -1.98. The highest BCUT2D eigenvalue weighted by atomic mass is 19.1. The lowest BCUT2D eigenvalue weighted by Gasteiger charge is -2.12. The Morgan fingerprint density at radius 2 is 1.81 bits per heavy atom. The van der Waals surface area contributed by atoms with Crippen LogP contribution in [0.1, 0.15) is 10.4 Å². The van der Waals surface area contributed by atoms with E-state index in [9.17, 15) is 9.18 Å². The molecule has 0 heterocycles. The highest BCUT2D eigenvalue weighted by molar-refractivity contribution is 5.94. The van der Waals surface area contributed by atoms with Gasteiger partial charge in [-0.25, -0.2) is 9.18 Å². The molecule has 0 aliphatic heterocycles. The molecule has 1 aromatic rings. The summed E-state index contributed by atoms with van der Waals surface area (Å²) in [6.07, 6.45) is 0. The minimum Gasteiger partial charge on any atom is -0.496 e. The van der Waals surface area contributed by atoms with Crippen LogP contribution in [-0.4, -0.2) is 27.3 Å². The van der Waals surface area contributed by atoms with Crippen molar-refractivity contribution in [1.29, 1.82) is 0 Å². The van der Waals surface area contributed by atoms with Crippen molar-refractivity contribution in [2.75, 3.05) is 27.1 Å². The molecule has 0 aliphatic carbocycles. The zero-order chi connectivity index (χ0) is 12.3. The molecule has 0 amide bonds. The summed E-state index contributed by atoms with van der Waals surface area (Å²) in [5, 5.41) is 0. The predicted octanol–water partition coefficient (Wildman–Crippen LogP) is 1.21. The van der Waals surface area contributed by atoms with Crippen LogP contribution in [0.25, 0.3) is 0 Å². The zero-order valence-electron chi connectivity index (χ0n) is 9.17. The number of ether oxygens (including phenoxy) is 3.